The maximum atomic E-state index is 12.4. The highest BCUT2D eigenvalue weighted by Gasteiger charge is 2.27. The summed E-state index contributed by atoms with van der Waals surface area (Å²) in [5.41, 5.74) is 0. The summed E-state index contributed by atoms with van der Waals surface area (Å²) in [6, 6.07) is 7.10. The van der Waals surface area contributed by atoms with Crippen molar-refractivity contribution < 1.29 is 8.42 Å². The summed E-state index contributed by atoms with van der Waals surface area (Å²) in [7, 11) is -1.30. The van der Waals surface area contributed by atoms with Crippen LogP contribution in [-0.2, 0) is 10.0 Å². The van der Waals surface area contributed by atoms with Crippen LogP contribution in [-0.4, -0.2) is 57.1 Å². The van der Waals surface area contributed by atoms with Gasteiger partial charge in [0.25, 0.3) is 0 Å². The number of nitrogens with zero attached hydrogens (tertiary/aromatic N) is 2. The lowest BCUT2D eigenvalue weighted by molar-refractivity contribution is 0.222. The minimum absolute atomic E-state index is 0.393. The molecule has 0 spiro atoms. The molecule has 0 aliphatic carbocycles. The average molecular weight is 286 g/mol. The fourth-order valence-corrected chi connectivity index (χ4v) is 3.76. The Kier molecular flexibility index (Phi) is 4.32. The van der Waals surface area contributed by atoms with E-state index < -0.39 is 10.0 Å². The van der Waals surface area contributed by atoms with Crippen molar-refractivity contribution in [1.82, 2.24) is 9.21 Å². The molecule has 2 rings (SSSR count). The van der Waals surface area contributed by atoms with Gasteiger partial charge in [0.2, 0.25) is 10.0 Å². The minimum Gasteiger partial charge on any atom is -0.304 e. The van der Waals surface area contributed by atoms with Crippen LogP contribution in [0, 0.1) is 0 Å². The van der Waals surface area contributed by atoms with E-state index in [-0.39, 0.29) is 0 Å². The van der Waals surface area contributed by atoms with Crippen LogP contribution in [0.3, 0.4) is 0 Å². The van der Waals surface area contributed by atoms with Gasteiger partial charge in [0.05, 0.1) is 4.90 Å². The van der Waals surface area contributed by atoms with Crippen LogP contribution in [0.2, 0.25) is 0 Å². The summed E-state index contributed by atoms with van der Waals surface area (Å²) in [6.45, 7) is 2.73. The van der Waals surface area contributed by atoms with Crippen LogP contribution >= 0.6 is 11.8 Å². The van der Waals surface area contributed by atoms with E-state index in [0.717, 1.165) is 18.0 Å². The summed E-state index contributed by atoms with van der Waals surface area (Å²) in [4.78, 5) is 3.61. The molecule has 1 fully saturated rings. The first-order valence-electron chi connectivity index (χ1n) is 5.87. The molecule has 0 bridgehead atoms. The van der Waals surface area contributed by atoms with Gasteiger partial charge >= 0.3 is 0 Å². The van der Waals surface area contributed by atoms with Gasteiger partial charge in [0.15, 0.2) is 0 Å². The highest BCUT2D eigenvalue weighted by atomic mass is 32.2. The molecular formula is C12H18N2O2S2. The standard InChI is InChI=1S/C12H18N2O2S2/c1-13-7-9-14(10-8-13)18(15,16)12-5-3-11(17-2)4-6-12/h3-6H,7-10H2,1-2H3. The molecular weight excluding hydrogens is 268 g/mol. The third-order valence-electron chi connectivity index (χ3n) is 3.16. The Bertz CT molecular complexity index is 491. The van der Waals surface area contributed by atoms with Crippen molar-refractivity contribution in [3.8, 4) is 0 Å². The first-order chi connectivity index (χ1) is 8.54. The third kappa shape index (κ3) is 2.88. The Labute approximate surface area is 113 Å². The second-order valence-electron chi connectivity index (χ2n) is 4.38. The smallest absolute Gasteiger partial charge is 0.243 e. The summed E-state index contributed by atoms with van der Waals surface area (Å²) in [5, 5.41) is 0. The summed E-state index contributed by atoms with van der Waals surface area (Å²) in [6.07, 6.45) is 1.98. The Morgan fingerprint density at radius 2 is 1.61 bits per heavy atom. The van der Waals surface area contributed by atoms with Gasteiger partial charge < -0.3 is 4.90 Å². The molecule has 0 aromatic heterocycles. The summed E-state index contributed by atoms with van der Waals surface area (Å²) >= 11 is 1.61. The van der Waals surface area contributed by atoms with Gasteiger partial charge in [-0.2, -0.15) is 4.31 Å². The predicted molar refractivity (Wildman–Crippen MR) is 74.5 cm³/mol. The van der Waals surface area contributed by atoms with E-state index in [4.69, 9.17) is 0 Å². The number of piperazine rings is 1. The molecule has 1 aliphatic heterocycles. The monoisotopic (exact) mass is 286 g/mol. The highest BCUT2D eigenvalue weighted by Crippen LogP contribution is 2.21. The Morgan fingerprint density at radius 1 is 1.06 bits per heavy atom. The van der Waals surface area contributed by atoms with Crippen LogP contribution in [0.25, 0.3) is 0 Å². The Morgan fingerprint density at radius 3 is 2.11 bits per heavy atom. The zero-order valence-corrected chi connectivity index (χ0v) is 12.3. The maximum absolute atomic E-state index is 12.4. The van der Waals surface area contributed by atoms with Gasteiger partial charge in [-0.15, -0.1) is 11.8 Å². The number of hydrogen-bond donors (Lipinski definition) is 0. The molecule has 1 aliphatic rings. The highest BCUT2D eigenvalue weighted by molar-refractivity contribution is 7.98. The Hall–Kier alpha value is -0.560. The Balaban J connectivity index is 2.19. The summed E-state index contributed by atoms with van der Waals surface area (Å²) < 4.78 is 26.4. The van der Waals surface area contributed by atoms with Crippen molar-refractivity contribution in [2.45, 2.75) is 9.79 Å². The topological polar surface area (TPSA) is 40.6 Å². The second-order valence-corrected chi connectivity index (χ2v) is 7.20. The SMILES string of the molecule is CSc1ccc(S(=O)(=O)N2CCN(C)CC2)cc1. The number of rotatable bonds is 3. The number of benzene rings is 1. The molecule has 0 radical (unpaired) electrons. The van der Waals surface area contributed by atoms with Crippen molar-refractivity contribution in [2.75, 3.05) is 39.5 Å². The predicted octanol–water partition coefficient (Wildman–Crippen LogP) is 1.34. The third-order valence-corrected chi connectivity index (χ3v) is 5.82. The van der Waals surface area contributed by atoms with Crippen LogP contribution in [0.5, 0.6) is 0 Å². The lowest BCUT2D eigenvalue weighted by atomic mass is 10.4. The number of hydrogen-bond acceptors (Lipinski definition) is 4. The number of sulfonamides is 1. The van der Waals surface area contributed by atoms with Gasteiger partial charge in [0, 0.05) is 31.1 Å². The molecule has 0 unspecified atom stereocenters. The van der Waals surface area contributed by atoms with E-state index in [2.05, 4.69) is 4.90 Å². The molecule has 18 heavy (non-hydrogen) atoms. The molecule has 1 heterocycles. The molecule has 0 atom stereocenters. The molecule has 1 saturated heterocycles. The van der Waals surface area contributed by atoms with Gasteiger partial charge in [-0.1, -0.05) is 0 Å². The molecule has 0 N–H and O–H groups in total. The normalized spacial score (nSPS) is 19.0. The molecule has 0 saturated carbocycles. The maximum Gasteiger partial charge on any atom is 0.243 e. The van der Waals surface area contributed by atoms with E-state index in [9.17, 15) is 8.42 Å². The van der Waals surface area contributed by atoms with Gasteiger partial charge in [0.1, 0.15) is 0 Å². The molecule has 0 amide bonds. The number of likely N-dealkylation sites (N-methyl/N-ethyl adjacent to an activating group) is 1. The first kappa shape index (κ1) is 13.9. The zero-order valence-electron chi connectivity index (χ0n) is 10.7. The minimum atomic E-state index is -3.31. The van der Waals surface area contributed by atoms with E-state index in [1.54, 1.807) is 28.2 Å². The summed E-state index contributed by atoms with van der Waals surface area (Å²) in [5.74, 6) is 0. The molecule has 1 aromatic carbocycles. The van der Waals surface area contributed by atoms with E-state index >= 15 is 0 Å². The lowest BCUT2D eigenvalue weighted by Gasteiger charge is -2.31. The molecule has 6 heteroatoms. The van der Waals surface area contributed by atoms with Crippen molar-refractivity contribution >= 4 is 21.8 Å². The molecule has 4 nitrogen and oxygen atoms in total. The molecule has 1 aromatic rings. The number of thioether (sulfide) groups is 1. The van der Waals surface area contributed by atoms with Gasteiger partial charge in [-0.3, -0.25) is 0 Å². The first-order valence-corrected chi connectivity index (χ1v) is 8.53. The fourth-order valence-electron chi connectivity index (χ4n) is 1.93. The van der Waals surface area contributed by atoms with E-state index in [1.807, 2.05) is 25.4 Å². The van der Waals surface area contributed by atoms with Crippen LogP contribution < -0.4 is 0 Å². The van der Waals surface area contributed by atoms with Crippen molar-refractivity contribution in [2.24, 2.45) is 0 Å². The van der Waals surface area contributed by atoms with E-state index in [0.29, 0.717) is 18.0 Å². The zero-order chi connectivity index (χ0) is 13.2. The van der Waals surface area contributed by atoms with Crippen LogP contribution in [0.4, 0.5) is 0 Å². The van der Waals surface area contributed by atoms with Crippen LogP contribution in [0.1, 0.15) is 0 Å². The van der Waals surface area contributed by atoms with Crippen molar-refractivity contribution in [1.29, 1.82) is 0 Å². The molecule has 100 valence electrons. The fraction of sp³-hybridized carbons (Fsp3) is 0.500. The van der Waals surface area contributed by atoms with Crippen LogP contribution in [0.15, 0.2) is 34.1 Å². The second kappa shape index (κ2) is 5.61. The van der Waals surface area contributed by atoms with E-state index in [1.165, 1.54) is 0 Å². The average Bonchev–Trinajstić information content (AvgIpc) is 2.39. The van der Waals surface area contributed by atoms with Crippen molar-refractivity contribution in [3.63, 3.8) is 0 Å². The van der Waals surface area contributed by atoms with Crippen molar-refractivity contribution in [3.05, 3.63) is 24.3 Å². The van der Waals surface area contributed by atoms with Gasteiger partial charge in [-0.05, 0) is 37.6 Å². The largest absolute Gasteiger partial charge is 0.304 e. The lowest BCUT2D eigenvalue weighted by Crippen LogP contribution is -2.46. The van der Waals surface area contributed by atoms with Gasteiger partial charge in [-0.25, -0.2) is 8.42 Å². The quantitative estimate of drug-likeness (QED) is 0.786.